The molecule has 154 valence electrons. The van der Waals surface area contributed by atoms with E-state index in [4.69, 9.17) is 32.7 Å². The van der Waals surface area contributed by atoms with Crippen LogP contribution >= 0.6 is 23.2 Å². The minimum atomic E-state index is -1.88. The summed E-state index contributed by atoms with van der Waals surface area (Å²) in [5, 5.41) is 13.0. The average molecular weight is 446 g/mol. The van der Waals surface area contributed by atoms with Gasteiger partial charge in [0.2, 0.25) is 0 Å². The van der Waals surface area contributed by atoms with Crippen LogP contribution in [0, 0.1) is 0 Å². The van der Waals surface area contributed by atoms with Crippen molar-refractivity contribution in [2.24, 2.45) is 5.16 Å². The number of rotatable bonds is 9. The van der Waals surface area contributed by atoms with E-state index in [1.54, 1.807) is 24.3 Å². The molecule has 0 aromatic heterocycles. The lowest BCUT2D eigenvalue weighted by atomic mass is 10.0. The Labute approximate surface area is 174 Å². The molecule has 0 saturated carbocycles. The largest absolute Gasteiger partial charge is 0.489 e. The molecular weight excluding hydrogens is 431 g/mol. The van der Waals surface area contributed by atoms with E-state index in [1.807, 2.05) is 0 Å². The first kappa shape index (κ1) is 22.4. The number of benzene rings is 2. The highest BCUT2D eigenvalue weighted by atomic mass is 35.5. The Bertz CT molecular complexity index is 923. The molecule has 2 aromatic rings. The van der Waals surface area contributed by atoms with Crippen LogP contribution in [-0.4, -0.2) is 30.5 Å². The quantitative estimate of drug-likeness (QED) is 0.425. The van der Waals surface area contributed by atoms with Crippen LogP contribution in [0.2, 0.25) is 10.0 Å². The van der Waals surface area contributed by atoms with Crippen LogP contribution < -0.4 is 9.47 Å². The van der Waals surface area contributed by atoms with Crippen LogP contribution in [0.15, 0.2) is 53.7 Å². The fourth-order valence-electron chi connectivity index (χ4n) is 2.28. The molecule has 29 heavy (non-hydrogen) atoms. The Balaban J connectivity index is 2.20. The predicted octanol–water partition coefficient (Wildman–Crippen LogP) is 5.17. The predicted molar refractivity (Wildman–Crippen MR) is 104 cm³/mol. The molecule has 2 rings (SSSR count). The van der Waals surface area contributed by atoms with Crippen LogP contribution in [0.4, 0.5) is 8.78 Å². The summed E-state index contributed by atoms with van der Waals surface area (Å²) >= 11 is 12.2. The van der Waals surface area contributed by atoms with Crippen LogP contribution in [0.25, 0.3) is 0 Å². The lowest BCUT2D eigenvalue weighted by molar-refractivity contribution is -0.129. The van der Waals surface area contributed by atoms with Crippen molar-refractivity contribution in [1.29, 1.82) is 0 Å². The lowest BCUT2D eigenvalue weighted by Crippen LogP contribution is -2.17. The lowest BCUT2D eigenvalue weighted by Gasteiger charge is -2.13. The third-order valence-electron chi connectivity index (χ3n) is 3.49. The number of carboxylic acids is 1. The van der Waals surface area contributed by atoms with E-state index in [1.165, 1.54) is 19.2 Å². The van der Waals surface area contributed by atoms with Gasteiger partial charge in [-0.2, -0.15) is 8.78 Å². The van der Waals surface area contributed by atoms with Crippen molar-refractivity contribution < 1.29 is 33.0 Å². The molecule has 1 N–H and O–H groups in total. The highest BCUT2D eigenvalue weighted by molar-refractivity contribution is 6.42. The van der Waals surface area contributed by atoms with Crippen LogP contribution in [0.3, 0.4) is 0 Å². The SMILES string of the molecule is CO/N=C(/C(=O)O)c1ccccc1COc1cc(Cl)c(OCC=C(F)F)c(Cl)c1. The van der Waals surface area contributed by atoms with Crippen molar-refractivity contribution in [3.63, 3.8) is 0 Å². The van der Waals surface area contributed by atoms with Gasteiger partial charge in [0.05, 0.1) is 10.0 Å². The van der Waals surface area contributed by atoms with Gasteiger partial charge in [0, 0.05) is 23.8 Å². The molecule has 0 amide bonds. The maximum Gasteiger partial charge on any atom is 0.358 e. The fraction of sp³-hybridized carbons (Fsp3) is 0.158. The number of hydrogen-bond donors (Lipinski definition) is 1. The summed E-state index contributed by atoms with van der Waals surface area (Å²) in [5.74, 6) is -0.945. The number of ether oxygens (including phenoxy) is 2. The van der Waals surface area contributed by atoms with E-state index < -0.39 is 18.7 Å². The summed E-state index contributed by atoms with van der Waals surface area (Å²) in [5.41, 5.74) is 0.570. The number of nitrogens with zero attached hydrogens (tertiary/aromatic N) is 1. The van der Waals surface area contributed by atoms with Crippen molar-refractivity contribution >= 4 is 34.9 Å². The Hall–Kier alpha value is -2.84. The summed E-state index contributed by atoms with van der Waals surface area (Å²) in [6.45, 7) is -0.416. The zero-order valence-corrected chi connectivity index (χ0v) is 16.5. The van der Waals surface area contributed by atoms with E-state index >= 15 is 0 Å². The molecule has 0 aliphatic carbocycles. The molecule has 0 aliphatic heterocycles. The number of hydrogen-bond acceptors (Lipinski definition) is 5. The Kier molecular flexibility index (Phi) is 8.23. The zero-order valence-electron chi connectivity index (χ0n) is 15.0. The van der Waals surface area contributed by atoms with E-state index in [9.17, 15) is 18.7 Å². The number of carboxylic acid groups (broad SMARTS) is 1. The van der Waals surface area contributed by atoms with E-state index in [2.05, 4.69) is 9.99 Å². The highest BCUT2D eigenvalue weighted by Crippen LogP contribution is 2.37. The molecule has 0 unspecified atom stereocenters. The number of oxime groups is 1. The van der Waals surface area contributed by atoms with Crippen molar-refractivity contribution in [3.05, 3.63) is 69.7 Å². The van der Waals surface area contributed by atoms with Crippen molar-refractivity contribution in [2.45, 2.75) is 6.61 Å². The maximum atomic E-state index is 12.1. The molecule has 0 spiro atoms. The molecule has 0 radical (unpaired) electrons. The molecule has 10 heteroatoms. The monoisotopic (exact) mass is 445 g/mol. The number of carbonyl (C=O) groups is 1. The topological polar surface area (TPSA) is 77.4 Å². The summed E-state index contributed by atoms with van der Waals surface area (Å²) in [7, 11) is 1.24. The number of halogens is 4. The fourth-order valence-corrected chi connectivity index (χ4v) is 2.85. The van der Waals surface area contributed by atoms with E-state index in [0.29, 0.717) is 17.2 Å². The molecular formula is C19H15Cl2F2NO5. The van der Waals surface area contributed by atoms with Crippen LogP contribution in [0.1, 0.15) is 11.1 Å². The van der Waals surface area contributed by atoms with Gasteiger partial charge in [-0.3, -0.25) is 0 Å². The van der Waals surface area contributed by atoms with Gasteiger partial charge in [0.1, 0.15) is 26.1 Å². The first-order valence-electron chi connectivity index (χ1n) is 8.02. The third-order valence-corrected chi connectivity index (χ3v) is 4.05. The maximum absolute atomic E-state index is 12.1. The molecule has 0 saturated heterocycles. The summed E-state index contributed by atoms with van der Waals surface area (Å²) < 4.78 is 35.0. The number of aliphatic carboxylic acids is 1. The second kappa shape index (κ2) is 10.6. The smallest absolute Gasteiger partial charge is 0.358 e. The average Bonchev–Trinajstić information content (AvgIpc) is 2.66. The second-order valence-corrected chi connectivity index (χ2v) is 6.21. The van der Waals surface area contributed by atoms with Gasteiger partial charge >= 0.3 is 5.97 Å². The molecule has 6 nitrogen and oxygen atoms in total. The molecule has 0 heterocycles. The van der Waals surface area contributed by atoms with Gasteiger partial charge in [-0.1, -0.05) is 52.6 Å². The Morgan fingerprint density at radius 2 is 1.83 bits per heavy atom. The molecule has 0 atom stereocenters. The second-order valence-electron chi connectivity index (χ2n) is 5.39. The van der Waals surface area contributed by atoms with Crippen LogP contribution in [-0.2, 0) is 16.2 Å². The third kappa shape index (κ3) is 6.33. The van der Waals surface area contributed by atoms with Crippen LogP contribution in [0.5, 0.6) is 11.5 Å². The summed E-state index contributed by atoms with van der Waals surface area (Å²) in [6.07, 6.45) is -1.30. The molecule has 0 fully saturated rings. The zero-order chi connectivity index (χ0) is 21.4. The van der Waals surface area contributed by atoms with Gasteiger partial charge in [0.25, 0.3) is 6.08 Å². The van der Waals surface area contributed by atoms with Gasteiger partial charge in [-0.25, -0.2) is 4.79 Å². The normalized spacial score (nSPS) is 11.0. The van der Waals surface area contributed by atoms with Crippen molar-refractivity contribution in [1.82, 2.24) is 0 Å². The standard InChI is InChI=1S/C19H15Cl2F2NO5/c1-27-24-17(19(25)26)13-5-3-2-4-11(13)10-29-12-8-14(20)18(15(21)9-12)28-7-6-16(22)23/h2-6,8-9H,7,10H2,1H3,(H,25,26)/b24-17+. The highest BCUT2D eigenvalue weighted by Gasteiger charge is 2.18. The van der Waals surface area contributed by atoms with Crippen molar-refractivity contribution in [2.75, 3.05) is 13.7 Å². The first-order valence-corrected chi connectivity index (χ1v) is 8.77. The Morgan fingerprint density at radius 1 is 1.17 bits per heavy atom. The van der Waals surface area contributed by atoms with Crippen molar-refractivity contribution in [3.8, 4) is 11.5 Å². The minimum Gasteiger partial charge on any atom is -0.489 e. The van der Waals surface area contributed by atoms with Gasteiger partial charge in [-0.15, -0.1) is 0 Å². The van der Waals surface area contributed by atoms with E-state index in [0.717, 1.165) is 0 Å². The molecule has 0 aliphatic rings. The Morgan fingerprint density at radius 3 is 2.41 bits per heavy atom. The first-order chi connectivity index (χ1) is 13.8. The summed E-state index contributed by atoms with van der Waals surface area (Å²) in [6, 6.07) is 9.41. The molecule has 2 aromatic carbocycles. The van der Waals surface area contributed by atoms with Gasteiger partial charge < -0.3 is 19.4 Å². The van der Waals surface area contributed by atoms with Gasteiger partial charge in [-0.05, 0) is 5.56 Å². The minimum absolute atomic E-state index is 0.0190. The molecule has 0 bridgehead atoms. The van der Waals surface area contributed by atoms with E-state index in [-0.39, 0.29) is 33.9 Å². The van der Waals surface area contributed by atoms with Gasteiger partial charge in [0.15, 0.2) is 11.5 Å². The summed E-state index contributed by atoms with van der Waals surface area (Å²) in [4.78, 5) is 16.0.